The van der Waals surface area contributed by atoms with E-state index >= 15 is 0 Å². The van der Waals surface area contributed by atoms with Gasteiger partial charge < -0.3 is 9.88 Å². The van der Waals surface area contributed by atoms with Crippen LogP contribution in [0.3, 0.4) is 0 Å². The topological polar surface area (TPSA) is 87.1 Å². The van der Waals surface area contributed by atoms with E-state index < -0.39 is 0 Å². The number of amides is 1. The molecule has 1 amide bonds. The molecule has 1 fully saturated rings. The summed E-state index contributed by atoms with van der Waals surface area (Å²) in [6.45, 7) is 3.73. The molecule has 5 rings (SSSR count). The smallest absolute Gasteiger partial charge is 0.274 e. The summed E-state index contributed by atoms with van der Waals surface area (Å²) in [6.07, 6.45) is 4.17. The minimum Gasteiger partial charge on any atom is -0.337 e. The van der Waals surface area contributed by atoms with Crippen molar-refractivity contribution >= 4 is 17.2 Å². The molecule has 8 nitrogen and oxygen atoms in total. The van der Waals surface area contributed by atoms with Crippen molar-refractivity contribution in [1.29, 1.82) is 0 Å². The maximum atomic E-state index is 12.8. The van der Waals surface area contributed by atoms with E-state index in [2.05, 4.69) is 32.5 Å². The van der Waals surface area contributed by atoms with Crippen molar-refractivity contribution < 1.29 is 4.79 Å². The quantitative estimate of drug-likeness (QED) is 0.674. The molecule has 0 unspecified atom stereocenters. The largest absolute Gasteiger partial charge is 0.337 e. The van der Waals surface area contributed by atoms with E-state index in [1.54, 1.807) is 28.3 Å². The van der Waals surface area contributed by atoms with E-state index in [1.807, 2.05) is 11.9 Å². The number of hydrogen-bond acceptors (Lipinski definition) is 6. The minimum atomic E-state index is -0.0308. The predicted molar refractivity (Wildman–Crippen MR) is 118 cm³/mol. The predicted octanol–water partition coefficient (Wildman–Crippen LogP) is 2.14. The summed E-state index contributed by atoms with van der Waals surface area (Å²) in [5.41, 5.74) is 2.21. The molecular formula is C22H26N6O2S. The van der Waals surface area contributed by atoms with Crippen molar-refractivity contribution in [2.45, 2.75) is 38.3 Å². The van der Waals surface area contributed by atoms with Gasteiger partial charge in [-0.15, -0.1) is 11.3 Å². The van der Waals surface area contributed by atoms with Gasteiger partial charge in [0, 0.05) is 63.2 Å². The Balaban J connectivity index is 1.25. The Bertz CT molecular complexity index is 1130. The van der Waals surface area contributed by atoms with Gasteiger partial charge in [0.15, 0.2) is 0 Å². The normalized spacial score (nSPS) is 17.6. The molecule has 3 aromatic heterocycles. The number of fused-ring (bicyclic) bond motifs is 1. The molecule has 0 saturated carbocycles. The highest BCUT2D eigenvalue weighted by Gasteiger charge is 2.29. The Kier molecular flexibility index (Phi) is 5.45. The van der Waals surface area contributed by atoms with Crippen molar-refractivity contribution in [2.75, 3.05) is 19.6 Å². The van der Waals surface area contributed by atoms with Gasteiger partial charge in [-0.3, -0.25) is 19.2 Å². The Labute approximate surface area is 184 Å². The van der Waals surface area contributed by atoms with Crippen LogP contribution in [0.25, 0.3) is 0 Å². The van der Waals surface area contributed by atoms with Crippen molar-refractivity contribution in [3.05, 3.63) is 67.8 Å². The lowest BCUT2D eigenvalue weighted by molar-refractivity contribution is 0.0704. The fraction of sp³-hybridized carbons (Fsp3) is 0.455. The average molecular weight is 439 g/mol. The number of H-pyrrole nitrogens is 1. The third kappa shape index (κ3) is 4.20. The van der Waals surface area contributed by atoms with Crippen LogP contribution in [-0.4, -0.2) is 55.1 Å². The number of thiophene rings is 1. The molecule has 2 aliphatic rings. The molecule has 0 radical (unpaired) electrons. The van der Waals surface area contributed by atoms with E-state index in [1.165, 1.54) is 4.88 Å². The number of likely N-dealkylation sites (tertiary alicyclic amines) is 1. The highest BCUT2D eigenvalue weighted by Crippen LogP contribution is 2.27. The second kappa shape index (κ2) is 8.39. The zero-order valence-electron chi connectivity index (χ0n) is 17.6. The number of hydrogen-bond donors (Lipinski definition) is 1. The van der Waals surface area contributed by atoms with Crippen LogP contribution in [0, 0.1) is 0 Å². The summed E-state index contributed by atoms with van der Waals surface area (Å²) in [6, 6.07) is 5.95. The molecule has 0 aliphatic carbocycles. The van der Waals surface area contributed by atoms with Crippen molar-refractivity contribution in [1.82, 2.24) is 29.5 Å². The summed E-state index contributed by atoms with van der Waals surface area (Å²) >= 11 is 1.75. The fourth-order valence-corrected chi connectivity index (χ4v) is 5.24. The summed E-state index contributed by atoms with van der Waals surface area (Å²) in [5, 5.41) is 6.30. The Morgan fingerprint density at radius 3 is 2.81 bits per heavy atom. The van der Waals surface area contributed by atoms with Gasteiger partial charge in [-0.25, -0.2) is 4.98 Å². The van der Waals surface area contributed by atoms with Gasteiger partial charge in [0.25, 0.3) is 11.5 Å². The van der Waals surface area contributed by atoms with Crippen molar-refractivity contribution in [2.24, 2.45) is 7.05 Å². The van der Waals surface area contributed by atoms with E-state index in [4.69, 9.17) is 4.98 Å². The van der Waals surface area contributed by atoms with E-state index in [0.717, 1.165) is 49.4 Å². The second-order valence-corrected chi connectivity index (χ2v) is 9.39. The number of piperidine rings is 1. The maximum absolute atomic E-state index is 12.8. The maximum Gasteiger partial charge on any atom is 0.274 e. The van der Waals surface area contributed by atoms with Crippen LogP contribution in [0.15, 0.2) is 34.6 Å². The molecule has 0 aromatic carbocycles. The summed E-state index contributed by atoms with van der Waals surface area (Å²) in [7, 11) is 1.81. The average Bonchev–Trinajstić information content (AvgIpc) is 3.45. The van der Waals surface area contributed by atoms with Crippen molar-refractivity contribution in [3.63, 3.8) is 0 Å². The standard InChI is InChI=1S/C22H26N6O2S/c1-26-8-6-19(25-26)22(30)28-10-4-15(5-11-28)20-23-18-7-9-27(13-16-3-2-12-31-16)14-17(18)21(29)24-20/h2-3,6,8,12,15H,4-5,7,9-11,13-14H2,1H3,(H,23,24,29). The third-order valence-electron chi connectivity index (χ3n) is 6.23. The Hall–Kier alpha value is -2.78. The van der Waals surface area contributed by atoms with Crippen LogP contribution < -0.4 is 5.56 Å². The number of aryl methyl sites for hydroxylation is 1. The molecular weight excluding hydrogens is 412 g/mol. The van der Waals surface area contributed by atoms with E-state index in [-0.39, 0.29) is 17.4 Å². The zero-order chi connectivity index (χ0) is 21.4. The molecule has 1 N–H and O–H groups in total. The number of carbonyl (C=O) groups excluding carboxylic acids is 1. The highest BCUT2D eigenvalue weighted by atomic mass is 32.1. The fourth-order valence-electron chi connectivity index (χ4n) is 4.50. The van der Waals surface area contributed by atoms with Gasteiger partial charge in [-0.2, -0.15) is 5.10 Å². The number of carbonyl (C=O) groups is 1. The first-order chi connectivity index (χ1) is 15.1. The first kappa shape index (κ1) is 20.1. The Morgan fingerprint density at radius 2 is 2.10 bits per heavy atom. The molecule has 9 heteroatoms. The van der Waals surface area contributed by atoms with Crippen LogP contribution in [-0.2, 0) is 26.6 Å². The molecule has 2 aliphatic heterocycles. The monoisotopic (exact) mass is 438 g/mol. The molecule has 3 aromatic rings. The number of aromatic amines is 1. The van der Waals surface area contributed by atoms with E-state index in [0.29, 0.717) is 25.3 Å². The van der Waals surface area contributed by atoms with Gasteiger partial charge in [-0.1, -0.05) is 6.07 Å². The lowest BCUT2D eigenvalue weighted by Gasteiger charge is -2.32. The first-order valence-corrected chi connectivity index (χ1v) is 11.6. The van der Waals surface area contributed by atoms with Gasteiger partial charge in [0.1, 0.15) is 11.5 Å². The molecule has 1 saturated heterocycles. The molecule has 5 heterocycles. The SMILES string of the molecule is Cn1ccc(C(=O)N2CCC(c3nc4c(c(=O)[nH]3)CN(Cc3cccs3)CC4)CC2)n1. The van der Waals surface area contributed by atoms with Gasteiger partial charge in [0.2, 0.25) is 0 Å². The van der Waals surface area contributed by atoms with Crippen LogP contribution in [0.4, 0.5) is 0 Å². The van der Waals surface area contributed by atoms with Crippen molar-refractivity contribution in [3.8, 4) is 0 Å². The number of nitrogens with zero attached hydrogens (tertiary/aromatic N) is 5. The van der Waals surface area contributed by atoms with Crippen LogP contribution >= 0.6 is 11.3 Å². The number of nitrogens with one attached hydrogen (secondary N) is 1. The van der Waals surface area contributed by atoms with Crippen LogP contribution in [0.2, 0.25) is 0 Å². The summed E-state index contributed by atoms with van der Waals surface area (Å²) in [5.74, 6) is 0.923. The van der Waals surface area contributed by atoms with Crippen LogP contribution in [0.5, 0.6) is 0 Å². The highest BCUT2D eigenvalue weighted by molar-refractivity contribution is 7.09. The Morgan fingerprint density at radius 1 is 1.26 bits per heavy atom. The summed E-state index contributed by atoms with van der Waals surface area (Å²) in [4.78, 5) is 38.8. The molecule has 0 spiro atoms. The number of aromatic nitrogens is 4. The molecule has 0 bridgehead atoms. The molecule has 31 heavy (non-hydrogen) atoms. The molecule has 162 valence electrons. The number of rotatable bonds is 4. The van der Waals surface area contributed by atoms with Crippen LogP contribution in [0.1, 0.15) is 51.2 Å². The van der Waals surface area contributed by atoms with Gasteiger partial charge in [0.05, 0.1) is 11.3 Å². The van der Waals surface area contributed by atoms with E-state index in [9.17, 15) is 9.59 Å². The minimum absolute atomic E-state index is 0.0112. The zero-order valence-corrected chi connectivity index (χ0v) is 18.4. The van der Waals surface area contributed by atoms with Gasteiger partial charge >= 0.3 is 0 Å². The first-order valence-electron chi connectivity index (χ1n) is 10.7. The lowest BCUT2D eigenvalue weighted by atomic mass is 9.95. The molecule has 0 atom stereocenters. The lowest BCUT2D eigenvalue weighted by Crippen LogP contribution is -2.39. The second-order valence-electron chi connectivity index (χ2n) is 8.36. The van der Waals surface area contributed by atoms with Gasteiger partial charge in [-0.05, 0) is 30.4 Å². The summed E-state index contributed by atoms with van der Waals surface area (Å²) < 4.78 is 1.64. The third-order valence-corrected chi connectivity index (χ3v) is 7.09.